The minimum Gasteiger partial charge on any atom is -0.480 e. The molecule has 0 saturated carbocycles. The number of carbonyl (C=O) groups excluding carboxylic acids is 1. The van der Waals surface area contributed by atoms with E-state index in [1.54, 1.807) is 0 Å². The van der Waals surface area contributed by atoms with Gasteiger partial charge in [-0.1, -0.05) is 72.8 Å². The summed E-state index contributed by atoms with van der Waals surface area (Å²) in [5.74, 6) is -1.07. The third-order valence-electron chi connectivity index (χ3n) is 5.51. The van der Waals surface area contributed by atoms with E-state index >= 15 is 0 Å². The van der Waals surface area contributed by atoms with Gasteiger partial charge in [0, 0.05) is 24.9 Å². The first-order chi connectivity index (χ1) is 13.2. The van der Waals surface area contributed by atoms with E-state index in [-0.39, 0.29) is 11.8 Å². The van der Waals surface area contributed by atoms with E-state index in [2.05, 4.69) is 0 Å². The lowest BCUT2D eigenvalue weighted by atomic mass is 9.90. The van der Waals surface area contributed by atoms with Crippen molar-refractivity contribution in [2.45, 2.75) is 12.0 Å². The molecule has 3 aromatic rings. The van der Waals surface area contributed by atoms with Crippen molar-refractivity contribution in [2.24, 2.45) is 5.92 Å². The van der Waals surface area contributed by atoms with Gasteiger partial charge in [-0.25, -0.2) is 0 Å². The summed E-state index contributed by atoms with van der Waals surface area (Å²) in [5.41, 5.74) is 1.86. The number of carboxylic acids is 1. The Morgan fingerprint density at radius 3 is 2.41 bits per heavy atom. The number of carbonyl (C=O) groups is 2. The average molecular weight is 359 g/mol. The van der Waals surface area contributed by atoms with E-state index in [1.165, 1.54) is 0 Å². The van der Waals surface area contributed by atoms with Crippen LogP contribution >= 0.6 is 0 Å². The van der Waals surface area contributed by atoms with Crippen LogP contribution in [0.25, 0.3) is 10.8 Å². The first-order valence-electron chi connectivity index (χ1n) is 9.14. The average Bonchev–Trinajstić information content (AvgIpc) is 3.13. The maximum Gasteiger partial charge on any atom is 0.325 e. The molecule has 0 bridgehead atoms. The number of nitrogens with zero attached hydrogens (tertiary/aromatic N) is 1. The zero-order chi connectivity index (χ0) is 18.8. The van der Waals surface area contributed by atoms with Crippen LogP contribution in [0.15, 0.2) is 72.8 Å². The number of benzene rings is 3. The highest BCUT2D eigenvalue weighted by molar-refractivity contribution is 5.90. The number of aldehydes is 1. The van der Waals surface area contributed by atoms with Gasteiger partial charge in [-0.3, -0.25) is 9.69 Å². The topological polar surface area (TPSA) is 57.6 Å². The summed E-state index contributed by atoms with van der Waals surface area (Å²) in [6, 6.07) is 22.7. The lowest BCUT2D eigenvalue weighted by Crippen LogP contribution is -2.33. The van der Waals surface area contributed by atoms with Crippen molar-refractivity contribution in [3.8, 4) is 0 Å². The molecule has 0 amide bonds. The Labute approximate surface area is 158 Å². The van der Waals surface area contributed by atoms with Gasteiger partial charge in [-0.05, 0) is 21.9 Å². The molecule has 1 aliphatic heterocycles. The molecule has 1 heterocycles. The molecule has 4 nitrogen and oxygen atoms in total. The molecule has 0 radical (unpaired) electrons. The van der Waals surface area contributed by atoms with E-state index in [0.717, 1.165) is 28.2 Å². The number of carboxylic acid groups (broad SMARTS) is 1. The van der Waals surface area contributed by atoms with Gasteiger partial charge in [-0.15, -0.1) is 0 Å². The number of hydrogen-bond acceptors (Lipinski definition) is 3. The summed E-state index contributed by atoms with van der Waals surface area (Å²) in [6.45, 7) is 0.997. The molecule has 4 heteroatoms. The minimum absolute atomic E-state index is 0.0144. The third kappa shape index (κ3) is 3.24. The fourth-order valence-corrected chi connectivity index (χ4v) is 4.24. The molecule has 0 spiro atoms. The summed E-state index contributed by atoms with van der Waals surface area (Å²) in [6.07, 6.45) is 0.972. The summed E-state index contributed by atoms with van der Waals surface area (Å²) >= 11 is 0. The molecule has 3 atom stereocenters. The second-order valence-electron chi connectivity index (χ2n) is 7.08. The summed E-state index contributed by atoms with van der Waals surface area (Å²) in [4.78, 5) is 25.9. The molecule has 1 saturated heterocycles. The van der Waals surface area contributed by atoms with Crippen LogP contribution in [0.5, 0.6) is 0 Å². The summed E-state index contributed by atoms with van der Waals surface area (Å²) in [7, 11) is 0. The first kappa shape index (κ1) is 17.4. The second kappa shape index (κ2) is 7.33. The quantitative estimate of drug-likeness (QED) is 0.703. The maximum atomic E-state index is 12.2. The normalized spacial score (nSPS) is 21.2. The zero-order valence-electron chi connectivity index (χ0n) is 14.9. The van der Waals surface area contributed by atoms with E-state index in [0.29, 0.717) is 13.1 Å². The molecular formula is C23H21NO3. The van der Waals surface area contributed by atoms with E-state index in [4.69, 9.17) is 0 Å². The predicted molar refractivity (Wildman–Crippen MR) is 105 cm³/mol. The molecule has 1 fully saturated rings. The predicted octanol–water partition coefficient (Wildman–Crippen LogP) is 3.88. The highest BCUT2D eigenvalue weighted by atomic mass is 16.4. The number of hydrogen-bond donors (Lipinski definition) is 1. The van der Waals surface area contributed by atoms with E-state index in [1.807, 2.05) is 77.7 Å². The van der Waals surface area contributed by atoms with Crippen molar-refractivity contribution in [3.05, 3.63) is 83.9 Å². The zero-order valence-corrected chi connectivity index (χ0v) is 14.9. The number of fused-ring (bicyclic) bond motifs is 1. The van der Waals surface area contributed by atoms with Gasteiger partial charge in [0.15, 0.2) is 0 Å². The van der Waals surface area contributed by atoms with Gasteiger partial charge in [-0.2, -0.15) is 0 Å². The Morgan fingerprint density at radius 2 is 1.67 bits per heavy atom. The van der Waals surface area contributed by atoms with Gasteiger partial charge < -0.3 is 9.90 Å². The lowest BCUT2D eigenvalue weighted by Gasteiger charge is -2.26. The molecule has 0 aromatic heterocycles. The van der Waals surface area contributed by atoms with Gasteiger partial charge in [0.25, 0.3) is 0 Å². The van der Waals surface area contributed by atoms with Gasteiger partial charge in [0.1, 0.15) is 12.3 Å². The van der Waals surface area contributed by atoms with Crippen molar-refractivity contribution in [2.75, 3.05) is 13.1 Å². The Kier molecular flexibility index (Phi) is 4.73. The van der Waals surface area contributed by atoms with Crippen LogP contribution in [-0.4, -0.2) is 35.4 Å². The van der Waals surface area contributed by atoms with Crippen LogP contribution in [0.1, 0.15) is 23.1 Å². The standard InChI is InChI=1S/C23H21NO3/c25-15-18-13-24(14-21(18)17-7-2-1-3-8-17)22(23(26)27)20-12-6-10-16-9-4-5-11-19(16)20/h1-12,15,18,21-22H,13-14H2,(H,26,27)/t18-,21-,22-/m1/s1. The number of rotatable bonds is 5. The summed E-state index contributed by atoms with van der Waals surface area (Å²) < 4.78 is 0. The van der Waals surface area contributed by atoms with Crippen LogP contribution in [0.2, 0.25) is 0 Å². The first-order valence-corrected chi connectivity index (χ1v) is 9.14. The van der Waals surface area contributed by atoms with Crippen LogP contribution in [0.4, 0.5) is 0 Å². The molecule has 1 aliphatic rings. The molecule has 136 valence electrons. The Bertz CT molecular complexity index is 964. The molecule has 1 N–H and O–H groups in total. The second-order valence-corrected chi connectivity index (χ2v) is 7.08. The van der Waals surface area contributed by atoms with E-state index in [9.17, 15) is 14.7 Å². The van der Waals surface area contributed by atoms with Crippen molar-refractivity contribution < 1.29 is 14.7 Å². The fraction of sp³-hybridized carbons (Fsp3) is 0.217. The Morgan fingerprint density at radius 1 is 0.963 bits per heavy atom. The molecule has 0 unspecified atom stereocenters. The van der Waals surface area contributed by atoms with Crippen molar-refractivity contribution in [1.29, 1.82) is 0 Å². The van der Waals surface area contributed by atoms with Crippen LogP contribution in [-0.2, 0) is 9.59 Å². The van der Waals surface area contributed by atoms with E-state index < -0.39 is 12.0 Å². The van der Waals surface area contributed by atoms with Gasteiger partial charge >= 0.3 is 5.97 Å². The largest absolute Gasteiger partial charge is 0.480 e. The minimum atomic E-state index is -0.885. The Balaban J connectivity index is 1.73. The molecule has 0 aliphatic carbocycles. The third-order valence-corrected chi connectivity index (χ3v) is 5.51. The highest BCUT2D eigenvalue weighted by Crippen LogP contribution is 2.38. The number of aliphatic carboxylic acids is 1. The molecule has 4 rings (SSSR count). The number of likely N-dealkylation sites (tertiary alicyclic amines) is 1. The van der Waals surface area contributed by atoms with Crippen molar-refractivity contribution >= 4 is 23.0 Å². The van der Waals surface area contributed by atoms with Gasteiger partial charge in [0.2, 0.25) is 0 Å². The molecule has 3 aromatic carbocycles. The van der Waals surface area contributed by atoms with Crippen LogP contribution in [0, 0.1) is 5.92 Å². The van der Waals surface area contributed by atoms with Crippen molar-refractivity contribution in [3.63, 3.8) is 0 Å². The van der Waals surface area contributed by atoms with Crippen LogP contribution in [0.3, 0.4) is 0 Å². The van der Waals surface area contributed by atoms with Gasteiger partial charge in [0.05, 0.1) is 0 Å². The van der Waals surface area contributed by atoms with Crippen molar-refractivity contribution in [1.82, 2.24) is 4.90 Å². The lowest BCUT2D eigenvalue weighted by molar-refractivity contribution is -0.143. The molecular weight excluding hydrogens is 338 g/mol. The SMILES string of the molecule is O=C[C@H]1CN([C@@H](C(=O)O)c2cccc3ccccc23)C[C@@H]1c1ccccc1. The highest BCUT2D eigenvalue weighted by Gasteiger charge is 2.40. The Hall–Kier alpha value is -2.98. The molecule has 27 heavy (non-hydrogen) atoms. The smallest absolute Gasteiger partial charge is 0.325 e. The maximum absolute atomic E-state index is 12.2. The fourth-order valence-electron chi connectivity index (χ4n) is 4.24. The summed E-state index contributed by atoms with van der Waals surface area (Å²) in [5, 5.41) is 12.0. The monoisotopic (exact) mass is 359 g/mol. The van der Waals surface area contributed by atoms with Crippen LogP contribution < -0.4 is 0 Å².